The molecule has 1 unspecified atom stereocenters. The number of likely N-dealkylation sites (N-methyl/N-ethyl adjacent to an activating group) is 1. The highest BCUT2D eigenvalue weighted by atomic mass is 16.1. The van der Waals surface area contributed by atoms with Gasteiger partial charge in [0.25, 0.3) is 0 Å². The maximum Gasteiger partial charge on any atom is 0.149 e. The molecule has 0 aromatic heterocycles. The molecule has 2 rings (SSSR count). The van der Waals surface area contributed by atoms with Crippen LogP contribution in [-0.2, 0) is 4.79 Å². The van der Waals surface area contributed by atoms with Crippen LogP contribution >= 0.6 is 0 Å². The molecular formula is C8H9N3O. The summed E-state index contributed by atoms with van der Waals surface area (Å²) < 4.78 is 0. The van der Waals surface area contributed by atoms with E-state index in [1.807, 2.05) is 18.1 Å². The topological polar surface area (TPSA) is 45.0 Å². The molecule has 0 fully saturated rings. The van der Waals surface area contributed by atoms with E-state index in [1.165, 1.54) is 0 Å². The SMILES string of the molecule is CN1N=NC2=CC(C=O)=CCC21. The highest BCUT2D eigenvalue weighted by molar-refractivity contribution is 5.78. The van der Waals surface area contributed by atoms with Gasteiger partial charge in [0.2, 0.25) is 0 Å². The minimum Gasteiger partial charge on any atom is -0.298 e. The normalized spacial score (nSPS) is 26.4. The van der Waals surface area contributed by atoms with Crippen molar-refractivity contribution in [1.29, 1.82) is 0 Å². The lowest BCUT2D eigenvalue weighted by Crippen LogP contribution is -2.24. The molecular weight excluding hydrogens is 154 g/mol. The monoisotopic (exact) mass is 163 g/mol. The van der Waals surface area contributed by atoms with Crippen molar-refractivity contribution in [3.8, 4) is 0 Å². The molecule has 0 saturated carbocycles. The fourth-order valence-corrected chi connectivity index (χ4v) is 1.40. The Labute approximate surface area is 70.2 Å². The van der Waals surface area contributed by atoms with Crippen molar-refractivity contribution in [2.45, 2.75) is 12.5 Å². The molecule has 0 aromatic carbocycles. The average molecular weight is 163 g/mol. The third-order valence-corrected chi connectivity index (χ3v) is 2.12. The zero-order valence-corrected chi connectivity index (χ0v) is 6.77. The minimum atomic E-state index is 0.244. The Morgan fingerprint density at radius 1 is 1.75 bits per heavy atom. The third kappa shape index (κ3) is 0.958. The number of carbonyl (C=O) groups excluding carboxylic acids is 1. The minimum absolute atomic E-state index is 0.244. The van der Waals surface area contributed by atoms with Crippen LogP contribution in [0.3, 0.4) is 0 Å². The van der Waals surface area contributed by atoms with E-state index < -0.39 is 0 Å². The molecule has 4 heteroatoms. The van der Waals surface area contributed by atoms with Crippen LogP contribution in [0, 0.1) is 0 Å². The van der Waals surface area contributed by atoms with Crippen molar-refractivity contribution in [3.05, 3.63) is 23.4 Å². The Hall–Kier alpha value is -1.45. The third-order valence-electron chi connectivity index (χ3n) is 2.12. The summed E-state index contributed by atoms with van der Waals surface area (Å²) >= 11 is 0. The van der Waals surface area contributed by atoms with Crippen molar-refractivity contribution in [3.63, 3.8) is 0 Å². The summed E-state index contributed by atoms with van der Waals surface area (Å²) in [6.45, 7) is 0. The molecule has 0 saturated heterocycles. The van der Waals surface area contributed by atoms with Crippen LogP contribution < -0.4 is 0 Å². The Morgan fingerprint density at radius 3 is 3.33 bits per heavy atom. The van der Waals surface area contributed by atoms with Crippen LogP contribution in [0.25, 0.3) is 0 Å². The van der Waals surface area contributed by atoms with Crippen LogP contribution in [0.1, 0.15) is 6.42 Å². The second-order valence-electron chi connectivity index (χ2n) is 2.91. The molecule has 62 valence electrons. The van der Waals surface area contributed by atoms with Gasteiger partial charge < -0.3 is 0 Å². The standard InChI is InChI=1S/C8H9N3O/c1-11-8-3-2-6(5-12)4-7(8)9-10-11/h2,4-5,8H,3H2,1H3. The first-order chi connectivity index (χ1) is 5.81. The molecule has 1 aliphatic carbocycles. The summed E-state index contributed by atoms with van der Waals surface area (Å²) in [6.07, 6.45) is 5.36. The van der Waals surface area contributed by atoms with Gasteiger partial charge in [-0.1, -0.05) is 11.3 Å². The van der Waals surface area contributed by atoms with E-state index in [0.717, 1.165) is 18.4 Å². The molecule has 2 aliphatic rings. The number of hydrogen-bond donors (Lipinski definition) is 0. The molecule has 1 aliphatic heterocycles. The maximum atomic E-state index is 10.4. The Balaban J connectivity index is 2.29. The highest BCUT2D eigenvalue weighted by Crippen LogP contribution is 2.27. The van der Waals surface area contributed by atoms with Gasteiger partial charge >= 0.3 is 0 Å². The van der Waals surface area contributed by atoms with Crippen molar-refractivity contribution < 1.29 is 4.79 Å². The van der Waals surface area contributed by atoms with Gasteiger partial charge in [-0.15, -0.1) is 5.11 Å². The van der Waals surface area contributed by atoms with Gasteiger partial charge in [-0.05, 0) is 12.5 Å². The van der Waals surface area contributed by atoms with E-state index in [9.17, 15) is 4.79 Å². The Bertz CT molecular complexity index is 303. The lowest BCUT2D eigenvalue weighted by Gasteiger charge is -2.18. The van der Waals surface area contributed by atoms with Crippen molar-refractivity contribution in [2.75, 3.05) is 7.05 Å². The van der Waals surface area contributed by atoms with Gasteiger partial charge in [0.15, 0.2) is 0 Å². The highest BCUT2D eigenvalue weighted by Gasteiger charge is 2.25. The van der Waals surface area contributed by atoms with Crippen LogP contribution in [0.2, 0.25) is 0 Å². The average Bonchev–Trinajstić information content (AvgIpc) is 2.47. The number of rotatable bonds is 1. The summed E-state index contributed by atoms with van der Waals surface area (Å²) in [5.41, 5.74) is 1.60. The fraction of sp³-hybridized carbons (Fsp3) is 0.375. The number of fused-ring (bicyclic) bond motifs is 1. The number of aldehydes is 1. The lowest BCUT2D eigenvalue weighted by atomic mass is 10.0. The molecule has 0 aromatic rings. The molecule has 1 heterocycles. The van der Waals surface area contributed by atoms with E-state index >= 15 is 0 Å². The van der Waals surface area contributed by atoms with E-state index in [4.69, 9.17) is 0 Å². The molecule has 4 nitrogen and oxygen atoms in total. The van der Waals surface area contributed by atoms with Gasteiger partial charge in [-0.3, -0.25) is 9.80 Å². The first kappa shape index (κ1) is 7.21. The van der Waals surface area contributed by atoms with E-state index in [-0.39, 0.29) is 6.04 Å². The maximum absolute atomic E-state index is 10.4. The molecule has 0 amide bonds. The summed E-state index contributed by atoms with van der Waals surface area (Å²) in [4.78, 5) is 10.4. The van der Waals surface area contributed by atoms with Gasteiger partial charge in [0, 0.05) is 12.6 Å². The van der Waals surface area contributed by atoms with E-state index in [2.05, 4.69) is 10.3 Å². The van der Waals surface area contributed by atoms with Crippen LogP contribution in [0.15, 0.2) is 33.8 Å². The van der Waals surface area contributed by atoms with Crippen LogP contribution in [0.5, 0.6) is 0 Å². The number of allylic oxidation sites excluding steroid dienone is 2. The number of carbonyl (C=O) groups is 1. The fourth-order valence-electron chi connectivity index (χ4n) is 1.40. The van der Waals surface area contributed by atoms with E-state index in [0.29, 0.717) is 5.57 Å². The zero-order valence-electron chi connectivity index (χ0n) is 6.77. The van der Waals surface area contributed by atoms with Gasteiger partial charge in [0.05, 0.1) is 11.7 Å². The Morgan fingerprint density at radius 2 is 2.58 bits per heavy atom. The summed E-state index contributed by atoms with van der Waals surface area (Å²) in [7, 11) is 1.88. The molecule has 0 N–H and O–H groups in total. The van der Waals surface area contributed by atoms with E-state index in [1.54, 1.807) is 6.08 Å². The Kier molecular flexibility index (Phi) is 1.53. The lowest BCUT2D eigenvalue weighted by molar-refractivity contribution is -0.104. The van der Waals surface area contributed by atoms with Crippen molar-refractivity contribution >= 4 is 6.29 Å². The van der Waals surface area contributed by atoms with Crippen LogP contribution in [-0.4, -0.2) is 24.4 Å². The van der Waals surface area contributed by atoms with Crippen molar-refractivity contribution in [2.24, 2.45) is 10.3 Å². The van der Waals surface area contributed by atoms with Gasteiger partial charge in [-0.2, -0.15) is 0 Å². The predicted molar refractivity (Wildman–Crippen MR) is 43.3 cm³/mol. The predicted octanol–water partition coefficient (Wildman–Crippen LogP) is 1.08. The molecule has 1 atom stereocenters. The zero-order chi connectivity index (χ0) is 8.55. The molecule has 0 bridgehead atoms. The molecule has 12 heavy (non-hydrogen) atoms. The number of hydrogen-bond acceptors (Lipinski definition) is 4. The van der Waals surface area contributed by atoms with Gasteiger partial charge in [-0.25, -0.2) is 0 Å². The largest absolute Gasteiger partial charge is 0.298 e. The van der Waals surface area contributed by atoms with Gasteiger partial charge in [0.1, 0.15) is 6.29 Å². The number of nitrogens with zero attached hydrogens (tertiary/aromatic N) is 3. The van der Waals surface area contributed by atoms with Crippen molar-refractivity contribution in [1.82, 2.24) is 5.01 Å². The first-order valence-corrected chi connectivity index (χ1v) is 3.82. The smallest absolute Gasteiger partial charge is 0.149 e. The summed E-state index contributed by atoms with van der Waals surface area (Å²) in [5.74, 6) is 0. The quantitative estimate of drug-likeness (QED) is 0.543. The first-order valence-electron chi connectivity index (χ1n) is 3.82. The second-order valence-corrected chi connectivity index (χ2v) is 2.91. The summed E-state index contributed by atoms with van der Waals surface area (Å²) in [6, 6.07) is 0.244. The molecule has 0 radical (unpaired) electrons. The van der Waals surface area contributed by atoms with Crippen LogP contribution in [0.4, 0.5) is 0 Å². The molecule has 0 spiro atoms. The summed E-state index contributed by atoms with van der Waals surface area (Å²) in [5, 5.41) is 9.65. The second kappa shape index (κ2) is 2.55.